The lowest BCUT2D eigenvalue weighted by atomic mass is 9.90. The molecule has 1 amide bonds. The van der Waals surface area contributed by atoms with Crippen LogP contribution in [0.3, 0.4) is 0 Å². The van der Waals surface area contributed by atoms with Gasteiger partial charge in [0.2, 0.25) is 5.88 Å². The highest BCUT2D eigenvalue weighted by atomic mass is 16.5. The molecule has 0 bridgehead atoms. The number of carbonyl (C=O) groups is 1. The number of aromatic hydroxyl groups is 1. The molecule has 3 aromatic rings. The zero-order valence-electron chi connectivity index (χ0n) is 15.6. The topological polar surface area (TPSA) is 84.3 Å². The van der Waals surface area contributed by atoms with E-state index in [0.29, 0.717) is 24.1 Å². The molecule has 0 saturated heterocycles. The maximum absolute atomic E-state index is 12.3. The van der Waals surface area contributed by atoms with E-state index in [0.717, 1.165) is 10.8 Å². The van der Waals surface area contributed by atoms with Gasteiger partial charge in [0.05, 0.1) is 12.8 Å². The average molecular weight is 377 g/mol. The summed E-state index contributed by atoms with van der Waals surface area (Å²) in [4.78, 5) is 20.6. The molecule has 1 aliphatic rings. The van der Waals surface area contributed by atoms with Crippen LogP contribution in [0.4, 0.5) is 5.69 Å². The molecule has 1 saturated carbocycles. The van der Waals surface area contributed by atoms with Gasteiger partial charge in [0, 0.05) is 17.3 Å². The van der Waals surface area contributed by atoms with E-state index in [1.165, 1.54) is 50.4 Å². The summed E-state index contributed by atoms with van der Waals surface area (Å²) in [5.41, 5.74) is 0.904. The summed E-state index contributed by atoms with van der Waals surface area (Å²) in [5, 5.41) is 14.0. The lowest BCUT2D eigenvalue weighted by Crippen LogP contribution is -2.15. The van der Waals surface area contributed by atoms with Crippen molar-refractivity contribution in [3.05, 3.63) is 54.5 Å². The van der Waals surface area contributed by atoms with Gasteiger partial charge in [-0.15, -0.1) is 0 Å². The molecule has 0 atom stereocenters. The van der Waals surface area contributed by atoms with Gasteiger partial charge >= 0.3 is 0 Å². The van der Waals surface area contributed by atoms with Crippen molar-refractivity contribution < 1.29 is 14.6 Å². The molecule has 0 spiro atoms. The number of pyridine rings is 2. The highest BCUT2D eigenvalue weighted by Gasteiger charge is 2.15. The van der Waals surface area contributed by atoms with Gasteiger partial charge in [0.25, 0.3) is 5.91 Å². The van der Waals surface area contributed by atoms with Crippen LogP contribution in [0.2, 0.25) is 0 Å². The largest absolute Gasteiger partial charge is 0.506 e. The molecule has 1 aliphatic carbocycles. The minimum Gasteiger partial charge on any atom is -0.506 e. The van der Waals surface area contributed by atoms with Crippen LogP contribution in [0.15, 0.2) is 48.8 Å². The highest BCUT2D eigenvalue weighted by Crippen LogP contribution is 2.28. The van der Waals surface area contributed by atoms with Crippen molar-refractivity contribution in [2.75, 3.05) is 11.9 Å². The van der Waals surface area contributed by atoms with E-state index in [1.807, 2.05) is 24.3 Å². The van der Waals surface area contributed by atoms with Crippen molar-refractivity contribution >= 4 is 22.4 Å². The molecular weight excluding hydrogens is 354 g/mol. The zero-order chi connectivity index (χ0) is 19.3. The summed E-state index contributed by atoms with van der Waals surface area (Å²) in [5.74, 6) is 0.945. The minimum absolute atomic E-state index is 0.0236. The van der Waals surface area contributed by atoms with Crippen molar-refractivity contribution in [1.82, 2.24) is 9.97 Å². The lowest BCUT2D eigenvalue weighted by Gasteiger charge is -2.21. The number of fused-ring (bicyclic) bond motifs is 1. The first-order chi connectivity index (χ1) is 13.7. The second-order valence-corrected chi connectivity index (χ2v) is 7.22. The number of carbonyl (C=O) groups excluding carboxylic acids is 1. The van der Waals surface area contributed by atoms with Gasteiger partial charge in [0.15, 0.2) is 0 Å². The van der Waals surface area contributed by atoms with E-state index < -0.39 is 0 Å². The second kappa shape index (κ2) is 8.25. The number of nitrogens with zero attached hydrogens (tertiary/aromatic N) is 2. The Balaban J connectivity index is 1.48. The molecule has 0 radical (unpaired) electrons. The first-order valence-corrected chi connectivity index (χ1v) is 9.67. The number of amides is 1. The molecule has 2 aromatic heterocycles. The van der Waals surface area contributed by atoms with Crippen LogP contribution >= 0.6 is 0 Å². The number of anilines is 1. The van der Waals surface area contributed by atoms with Crippen LogP contribution < -0.4 is 10.1 Å². The Bertz CT molecular complexity index is 966. The molecular formula is C22H23N3O3. The Morgan fingerprint density at radius 1 is 1.11 bits per heavy atom. The summed E-state index contributed by atoms with van der Waals surface area (Å²) in [6.07, 6.45) is 9.34. The lowest BCUT2D eigenvalue weighted by molar-refractivity contribution is 0.102. The monoisotopic (exact) mass is 377 g/mol. The van der Waals surface area contributed by atoms with Crippen molar-refractivity contribution in [2.24, 2.45) is 5.92 Å². The van der Waals surface area contributed by atoms with Gasteiger partial charge in [-0.25, -0.2) is 9.97 Å². The summed E-state index contributed by atoms with van der Waals surface area (Å²) >= 11 is 0. The van der Waals surface area contributed by atoms with Crippen LogP contribution in [-0.4, -0.2) is 27.6 Å². The molecule has 144 valence electrons. The van der Waals surface area contributed by atoms with E-state index >= 15 is 0 Å². The third-order valence-corrected chi connectivity index (χ3v) is 5.15. The fraction of sp³-hybridized carbons (Fsp3) is 0.318. The normalized spacial score (nSPS) is 14.7. The third kappa shape index (κ3) is 4.22. The first kappa shape index (κ1) is 18.2. The van der Waals surface area contributed by atoms with E-state index in [4.69, 9.17) is 4.74 Å². The molecule has 2 N–H and O–H groups in total. The number of aromatic nitrogens is 2. The zero-order valence-corrected chi connectivity index (χ0v) is 15.6. The van der Waals surface area contributed by atoms with Gasteiger partial charge in [-0.2, -0.15) is 0 Å². The summed E-state index contributed by atoms with van der Waals surface area (Å²) in [6, 6.07) is 10.4. The molecule has 2 heterocycles. The molecule has 28 heavy (non-hydrogen) atoms. The number of benzene rings is 1. The van der Waals surface area contributed by atoms with E-state index in [9.17, 15) is 9.90 Å². The predicted molar refractivity (Wildman–Crippen MR) is 108 cm³/mol. The van der Waals surface area contributed by atoms with Crippen molar-refractivity contribution in [3.63, 3.8) is 0 Å². The van der Waals surface area contributed by atoms with Gasteiger partial charge in [-0.1, -0.05) is 19.3 Å². The first-order valence-electron chi connectivity index (χ1n) is 9.67. The quantitative estimate of drug-likeness (QED) is 0.681. The summed E-state index contributed by atoms with van der Waals surface area (Å²) in [6.45, 7) is 0.705. The number of hydrogen-bond acceptors (Lipinski definition) is 5. The fourth-order valence-corrected chi connectivity index (χ4v) is 3.61. The van der Waals surface area contributed by atoms with E-state index in [-0.39, 0.29) is 17.4 Å². The van der Waals surface area contributed by atoms with Crippen LogP contribution in [0.25, 0.3) is 10.8 Å². The number of hydrogen-bond donors (Lipinski definition) is 2. The molecule has 6 nitrogen and oxygen atoms in total. The summed E-state index contributed by atoms with van der Waals surface area (Å²) in [7, 11) is 0. The van der Waals surface area contributed by atoms with Crippen LogP contribution in [0.1, 0.15) is 42.6 Å². The Kier molecular flexibility index (Phi) is 5.37. The van der Waals surface area contributed by atoms with Crippen LogP contribution in [-0.2, 0) is 0 Å². The maximum Gasteiger partial charge on any atom is 0.274 e. The SMILES string of the molecule is O=C(Nc1ccc2c(OCC3CCCCC3)nccc2c1)c1ccc(O)cn1. The second-order valence-electron chi connectivity index (χ2n) is 7.22. The highest BCUT2D eigenvalue weighted by molar-refractivity contribution is 6.04. The summed E-state index contributed by atoms with van der Waals surface area (Å²) < 4.78 is 6.03. The molecule has 1 fully saturated rings. The van der Waals surface area contributed by atoms with E-state index in [1.54, 1.807) is 6.20 Å². The van der Waals surface area contributed by atoms with Gasteiger partial charge < -0.3 is 15.2 Å². The smallest absolute Gasteiger partial charge is 0.274 e. The average Bonchev–Trinajstić information content (AvgIpc) is 2.73. The van der Waals surface area contributed by atoms with Crippen molar-refractivity contribution in [2.45, 2.75) is 32.1 Å². The minimum atomic E-state index is -0.331. The van der Waals surface area contributed by atoms with Gasteiger partial charge in [-0.05, 0) is 60.5 Å². The molecule has 4 rings (SSSR count). The third-order valence-electron chi connectivity index (χ3n) is 5.15. The Labute approximate surface area is 163 Å². The Hall–Kier alpha value is -3.15. The fourth-order valence-electron chi connectivity index (χ4n) is 3.61. The number of rotatable bonds is 5. The molecule has 6 heteroatoms. The number of ether oxygens (including phenoxy) is 1. The van der Waals surface area contributed by atoms with Crippen molar-refractivity contribution in [3.8, 4) is 11.6 Å². The van der Waals surface area contributed by atoms with Gasteiger partial charge in [0.1, 0.15) is 11.4 Å². The standard InChI is InChI=1S/C22H23N3O3/c26-18-7-9-20(24-13-18)21(27)25-17-6-8-19-16(12-17)10-11-23-22(19)28-14-15-4-2-1-3-5-15/h6-13,15,26H,1-5,14H2,(H,25,27). The molecule has 0 unspecified atom stereocenters. The molecule has 0 aliphatic heterocycles. The van der Waals surface area contributed by atoms with Crippen LogP contribution in [0, 0.1) is 5.92 Å². The predicted octanol–water partition coefficient (Wildman–Crippen LogP) is 4.55. The Morgan fingerprint density at radius 3 is 2.75 bits per heavy atom. The Morgan fingerprint density at radius 2 is 1.96 bits per heavy atom. The van der Waals surface area contributed by atoms with Crippen molar-refractivity contribution in [1.29, 1.82) is 0 Å². The van der Waals surface area contributed by atoms with E-state index in [2.05, 4.69) is 15.3 Å². The maximum atomic E-state index is 12.3. The van der Waals surface area contributed by atoms with Crippen LogP contribution in [0.5, 0.6) is 11.6 Å². The molecule has 1 aromatic carbocycles. The number of nitrogens with one attached hydrogen (secondary N) is 1. The van der Waals surface area contributed by atoms with Gasteiger partial charge in [-0.3, -0.25) is 4.79 Å².